The predicted molar refractivity (Wildman–Crippen MR) is 142 cm³/mol. The summed E-state index contributed by atoms with van der Waals surface area (Å²) in [6, 6.07) is 9.17. The number of rotatable bonds is 20. The molecule has 0 unspecified atom stereocenters. The lowest BCUT2D eigenvalue weighted by atomic mass is 10.0. The van der Waals surface area contributed by atoms with Gasteiger partial charge >= 0.3 is 0 Å². The molecular formula is C27H45N5O4. The fourth-order valence-corrected chi connectivity index (χ4v) is 3.81. The molecule has 0 radical (unpaired) electrons. The van der Waals surface area contributed by atoms with Gasteiger partial charge in [0.05, 0.1) is 13.1 Å². The fourth-order valence-electron chi connectivity index (χ4n) is 3.81. The maximum absolute atomic E-state index is 12.4. The van der Waals surface area contributed by atoms with Gasteiger partial charge in [0.25, 0.3) is 0 Å². The monoisotopic (exact) mass is 503 g/mol. The van der Waals surface area contributed by atoms with E-state index in [0.29, 0.717) is 25.9 Å². The number of amides is 4. The number of unbranched alkanes of at least 4 members (excludes halogenated alkanes) is 8. The Hall–Kier alpha value is -2.94. The highest BCUT2D eigenvalue weighted by molar-refractivity contribution is 5.88. The molecule has 0 heterocycles. The normalized spacial score (nSPS) is 11.4. The SMILES string of the molecule is CCNC(=O)[C@H](Cc1ccccc1)NC(=O)CCCCCCCCCCCNC(=O)CNC(=O)CN. The Kier molecular flexibility index (Phi) is 17.5. The lowest BCUT2D eigenvalue weighted by Gasteiger charge is -2.18. The molecule has 9 nitrogen and oxygen atoms in total. The lowest BCUT2D eigenvalue weighted by molar-refractivity contribution is -0.129. The van der Waals surface area contributed by atoms with Gasteiger partial charge in [0, 0.05) is 25.9 Å². The highest BCUT2D eigenvalue weighted by atomic mass is 16.2. The van der Waals surface area contributed by atoms with Gasteiger partial charge in [-0.05, 0) is 25.3 Å². The van der Waals surface area contributed by atoms with E-state index in [1.165, 1.54) is 6.42 Å². The smallest absolute Gasteiger partial charge is 0.242 e. The number of hydrogen-bond donors (Lipinski definition) is 5. The van der Waals surface area contributed by atoms with E-state index in [1.54, 1.807) is 0 Å². The molecule has 0 fully saturated rings. The Balaban J connectivity index is 2.04. The van der Waals surface area contributed by atoms with Gasteiger partial charge in [0.15, 0.2) is 0 Å². The number of nitrogens with one attached hydrogen (secondary N) is 4. The second kappa shape index (κ2) is 20.3. The molecule has 6 N–H and O–H groups in total. The van der Waals surface area contributed by atoms with Crippen molar-refractivity contribution in [3.8, 4) is 0 Å². The molecule has 0 aliphatic carbocycles. The van der Waals surface area contributed by atoms with Gasteiger partial charge in [0.2, 0.25) is 23.6 Å². The van der Waals surface area contributed by atoms with Gasteiger partial charge < -0.3 is 27.0 Å². The zero-order valence-electron chi connectivity index (χ0n) is 21.8. The largest absolute Gasteiger partial charge is 0.355 e. The van der Waals surface area contributed by atoms with Crippen molar-refractivity contribution in [3.05, 3.63) is 35.9 Å². The van der Waals surface area contributed by atoms with Crippen LogP contribution in [0.1, 0.15) is 76.7 Å². The number of nitrogens with two attached hydrogens (primary N) is 1. The third-order valence-corrected chi connectivity index (χ3v) is 5.82. The van der Waals surface area contributed by atoms with Crippen LogP contribution in [0.5, 0.6) is 0 Å². The zero-order chi connectivity index (χ0) is 26.4. The Bertz CT molecular complexity index is 773. The van der Waals surface area contributed by atoms with Crippen LogP contribution in [0.3, 0.4) is 0 Å². The highest BCUT2D eigenvalue weighted by Crippen LogP contribution is 2.11. The van der Waals surface area contributed by atoms with Gasteiger partial charge in [-0.3, -0.25) is 19.2 Å². The van der Waals surface area contributed by atoms with Crippen molar-refractivity contribution in [1.82, 2.24) is 21.3 Å². The molecule has 1 aromatic rings. The van der Waals surface area contributed by atoms with Gasteiger partial charge in [-0.15, -0.1) is 0 Å². The first-order valence-corrected chi connectivity index (χ1v) is 13.3. The van der Waals surface area contributed by atoms with Crippen molar-refractivity contribution in [3.63, 3.8) is 0 Å². The molecule has 0 aromatic heterocycles. The van der Waals surface area contributed by atoms with E-state index in [9.17, 15) is 19.2 Å². The number of carbonyl (C=O) groups excluding carboxylic acids is 4. The van der Waals surface area contributed by atoms with Crippen LogP contribution >= 0.6 is 0 Å². The summed E-state index contributed by atoms with van der Waals surface area (Å²) in [4.78, 5) is 47.3. The minimum Gasteiger partial charge on any atom is -0.355 e. The second-order valence-electron chi connectivity index (χ2n) is 8.97. The van der Waals surface area contributed by atoms with Crippen molar-refractivity contribution in [1.29, 1.82) is 0 Å². The molecule has 202 valence electrons. The predicted octanol–water partition coefficient (Wildman–Crippen LogP) is 1.94. The first-order chi connectivity index (χ1) is 17.5. The van der Waals surface area contributed by atoms with E-state index in [2.05, 4.69) is 21.3 Å². The molecule has 0 aliphatic heterocycles. The molecule has 0 saturated carbocycles. The van der Waals surface area contributed by atoms with Crippen molar-refractivity contribution < 1.29 is 19.2 Å². The third kappa shape index (κ3) is 15.9. The molecule has 36 heavy (non-hydrogen) atoms. The maximum atomic E-state index is 12.4. The number of benzene rings is 1. The standard InChI is InChI=1S/C27H45N5O4/c1-2-29-27(36)23(19-22-15-11-10-12-16-22)32-24(33)17-13-8-6-4-3-5-7-9-14-18-30-26(35)21-31-25(34)20-28/h10-12,15-16,23H,2-9,13-14,17-21,28H2,1H3,(H,29,36)(H,30,35)(H,31,34)(H,32,33)/t23-/m0/s1. The summed E-state index contributed by atoms with van der Waals surface area (Å²) in [5.41, 5.74) is 6.19. The molecule has 1 atom stereocenters. The van der Waals surface area contributed by atoms with E-state index in [4.69, 9.17) is 5.73 Å². The molecule has 1 rings (SSSR count). The van der Waals surface area contributed by atoms with Gasteiger partial charge in [-0.25, -0.2) is 0 Å². The quantitative estimate of drug-likeness (QED) is 0.173. The van der Waals surface area contributed by atoms with Gasteiger partial charge in [-0.1, -0.05) is 75.3 Å². The number of hydrogen-bond acceptors (Lipinski definition) is 5. The van der Waals surface area contributed by atoms with Gasteiger partial charge in [0.1, 0.15) is 6.04 Å². The van der Waals surface area contributed by atoms with Crippen molar-refractivity contribution in [2.45, 2.75) is 83.6 Å². The van der Waals surface area contributed by atoms with Crippen LogP contribution in [0.4, 0.5) is 0 Å². The Morgan fingerprint density at radius 2 is 1.36 bits per heavy atom. The van der Waals surface area contributed by atoms with Crippen LogP contribution in [-0.4, -0.2) is 55.8 Å². The summed E-state index contributed by atoms with van der Waals surface area (Å²) in [6.45, 7) is 2.88. The Morgan fingerprint density at radius 1 is 0.750 bits per heavy atom. The summed E-state index contributed by atoms with van der Waals surface area (Å²) in [5.74, 6) is -0.747. The molecule has 0 bridgehead atoms. The summed E-state index contributed by atoms with van der Waals surface area (Å²) >= 11 is 0. The van der Waals surface area contributed by atoms with Gasteiger partial charge in [-0.2, -0.15) is 0 Å². The van der Waals surface area contributed by atoms with Crippen LogP contribution in [0.15, 0.2) is 30.3 Å². The van der Waals surface area contributed by atoms with Crippen molar-refractivity contribution in [2.24, 2.45) is 5.73 Å². The average molecular weight is 504 g/mol. The lowest BCUT2D eigenvalue weighted by Crippen LogP contribution is -2.47. The van der Waals surface area contributed by atoms with E-state index in [-0.39, 0.29) is 36.7 Å². The molecule has 9 heteroatoms. The molecule has 0 spiro atoms. The third-order valence-electron chi connectivity index (χ3n) is 5.82. The molecule has 0 aliphatic rings. The topological polar surface area (TPSA) is 142 Å². The number of carbonyl (C=O) groups is 4. The van der Waals surface area contributed by atoms with E-state index >= 15 is 0 Å². The molecular weight excluding hydrogens is 458 g/mol. The first kappa shape index (κ1) is 31.1. The molecule has 0 saturated heterocycles. The summed E-state index contributed by atoms with van der Waals surface area (Å²) in [5, 5.41) is 10.9. The van der Waals surface area contributed by atoms with E-state index in [1.807, 2.05) is 37.3 Å². The molecule has 4 amide bonds. The Morgan fingerprint density at radius 3 is 1.97 bits per heavy atom. The minimum absolute atomic E-state index is 0.0276. The number of likely N-dealkylation sites (N-methyl/N-ethyl adjacent to an activating group) is 1. The van der Waals surface area contributed by atoms with Crippen LogP contribution in [0.25, 0.3) is 0 Å². The fraction of sp³-hybridized carbons (Fsp3) is 0.630. The minimum atomic E-state index is -0.551. The Labute approximate surface area is 215 Å². The van der Waals surface area contributed by atoms with Crippen molar-refractivity contribution >= 4 is 23.6 Å². The van der Waals surface area contributed by atoms with Crippen LogP contribution < -0.4 is 27.0 Å². The van der Waals surface area contributed by atoms with Crippen LogP contribution in [0, 0.1) is 0 Å². The van der Waals surface area contributed by atoms with Crippen molar-refractivity contribution in [2.75, 3.05) is 26.2 Å². The summed E-state index contributed by atoms with van der Waals surface area (Å²) in [6.07, 6.45) is 10.4. The molecule has 1 aromatic carbocycles. The van der Waals surface area contributed by atoms with E-state index in [0.717, 1.165) is 56.9 Å². The maximum Gasteiger partial charge on any atom is 0.242 e. The second-order valence-corrected chi connectivity index (χ2v) is 8.97. The average Bonchev–Trinajstić information content (AvgIpc) is 2.88. The van der Waals surface area contributed by atoms with Crippen LogP contribution in [0.2, 0.25) is 0 Å². The first-order valence-electron chi connectivity index (χ1n) is 13.3. The zero-order valence-corrected chi connectivity index (χ0v) is 21.8. The summed E-state index contributed by atoms with van der Waals surface area (Å²) in [7, 11) is 0. The summed E-state index contributed by atoms with van der Waals surface area (Å²) < 4.78 is 0. The van der Waals surface area contributed by atoms with Crippen LogP contribution in [-0.2, 0) is 25.6 Å². The highest BCUT2D eigenvalue weighted by Gasteiger charge is 2.20. The van der Waals surface area contributed by atoms with E-state index < -0.39 is 6.04 Å².